The van der Waals surface area contributed by atoms with Gasteiger partial charge in [-0.1, -0.05) is 49.4 Å². The largest absolute Gasteiger partial charge is 0.445 e. The first-order valence-electron chi connectivity index (χ1n) is 9.30. The average molecular weight is 381 g/mol. The molecule has 2 atom stereocenters. The molecule has 0 bridgehead atoms. The molecule has 0 spiro atoms. The lowest BCUT2D eigenvalue weighted by molar-refractivity contribution is 0.0690. The molecule has 140 valence electrons. The molecule has 1 fully saturated rings. The zero-order chi connectivity index (χ0) is 19.1. The highest BCUT2D eigenvalue weighted by Gasteiger charge is 2.33. The van der Waals surface area contributed by atoms with Crippen molar-refractivity contribution in [3.05, 3.63) is 71.3 Å². The first-order chi connectivity index (χ1) is 13.2. The Morgan fingerprint density at radius 1 is 1.22 bits per heavy atom. The SMILES string of the molecule is CCS[C@H]1CCN(C(=O)OCc2ccccc2)[C@H](c2ccc(C#N)cc2)C1. The molecular weight excluding hydrogens is 356 g/mol. The number of hydrogen-bond donors (Lipinski definition) is 0. The van der Waals surface area contributed by atoms with Gasteiger partial charge in [-0.2, -0.15) is 17.0 Å². The normalized spacial score (nSPS) is 19.3. The summed E-state index contributed by atoms with van der Waals surface area (Å²) in [4.78, 5) is 14.6. The predicted octanol–water partition coefficient (Wildman–Crippen LogP) is 5.15. The van der Waals surface area contributed by atoms with Crippen LogP contribution in [0.2, 0.25) is 0 Å². The van der Waals surface area contributed by atoms with Gasteiger partial charge in [-0.25, -0.2) is 4.79 Å². The van der Waals surface area contributed by atoms with E-state index in [-0.39, 0.29) is 18.7 Å². The highest BCUT2D eigenvalue weighted by molar-refractivity contribution is 7.99. The number of rotatable bonds is 5. The lowest BCUT2D eigenvalue weighted by atomic mass is 9.94. The number of carbonyl (C=O) groups is 1. The minimum Gasteiger partial charge on any atom is -0.445 e. The van der Waals surface area contributed by atoms with Crippen LogP contribution >= 0.6 is 11.8 Å². The fourth-order valence-electron chi connectivity index (χ4n) is 3.44. The first kappa shape index (κ1) is 19.3. The van der Waals surface area contributed by atoms with Gasteiger partial charge >= 0.3 is 6.09 Å². The van der Waals surface area contributed by atoms with Crippen LogP contribution in [0.4, 0.5) is 4.79 Å². The summed E-state index contributed by atoms with van der Waals surface area (Å²) in [5.74, 6) is 1.07. The van der Waals surface area contributed by atoms with Crippen LogP contribution in [0.3, 0.4) is 0 Å². The molecular formula is C22H24N2O2S. The minimum atomic E-state index is -0.270. The number of ether oxygens (including phenoxy) is 1. The van der Waals surface area contributed by atoms with E-state index in [1.54, 1.807) is 0 Å². The molecule has 0 aliphatic carbocycles. The highest BCUT2D eigenvalue weighted by Crippen LogP contribution is 2.36. The van der Waals surface area contributed by atoms with Crippen molar-refractivity contribution >= 4 is 17.9 Å². The Morgan fingerprint density at radius 2 is 1.96 bits per heavy atom. The third kappa shape index (κ3) is 5.05. The smallest absolute Gasteiger partial charge is 0.410 e. The second kappa shape index (κ2) is 9.48. The standard InChI is InChI=1S/C22H24N2O2S/c1-2-27-20-12-13-24(22(25)26-16-18-6-4-3-5-7-18)21(14-20)19-10-8-17(15-23)9-11-19/h3-11,20-21H,2,12-14,16H2,1H3/t20-,21-/m0/s1. The Labute approximate surface area is 165 Å². The summed E-state index contributed by atoms with van der Waals surface area (Å²) in [5.41, 5.74) is 2.68. The van der Waals surface area contributed by atoms with Crippen LogP contribution in [0.15, 0.2) is 54.6 Å². The molecule has 0 N–H and O–H groups in total. The fourth-order valence-corrected chi connectivity index (χ4v) is 4.50. The summed E-state index contributed by atoms with van der Waals surface area (Å²) in [6, 6.07) is 19.4. The van der Waals surface area contributed by atoms with Crippen molar-refractivity contribution in [2.24, 2.45) is 0 Å². The maximum Gasteiger partial charge on any atom is 0.410 e. The van der Waals surface area contributed by atoms with E-state index >= 15 is 0 Å². The van der Waals surface area contributed by atoms with Crippen molar-refractivity contribution in [3.63, 3.8) is 0 Å². The van der Waals surface area contributed by atoms with E-state index in [1.165, 1.54) is 0 Å². The van der Waals surface area contributed by atoms with Gasteiger partial charge in [-0.05, 0) is 41.9 Å². The molecule has 2 aromatic carbocycles. The molecule has 0 aromatic heterocycles. The van der Waals surface area contributed by atoms with E-state index in [9.17, 15) is 4.79 Å². The molecule has 1 aliphatic rings. The van der Waals surface area contributed by atoms with E-state index in [2.05, 4.69) is 13.0 Å². The van der Waals surface area contributed by atoms with Gasteiger partial charge < -0.3 is 9.64 Å². The number of thioether (sulfide) groups is 1. The second-order valence-corrected chi connectivity index (χ2v) is 8.16. The van der Waals surface area contributed by atoms with Crippen LogP contribution in [0.25, 0.3) is 0 Å². The molecule has 1 amide bonds. The Balaban J connectivity index is 1.73. The van der Waals surface area contributed by atoms with Crippen molar-refractivity contribution in [1.29, 1.82) is 5.26 Å². The molecule has 1 heterocycles. The minimum absolute atomic E-state index is 0.0150. The summed E-state index contributed by atoms with van der Waals surface area (Å²) in [7, 11) is 0. The number of likely N-dealkylation sites (tertiary alicyclic amines) is 1. The van der Waals surface area contributed by atoms with Crippen LogP contribution in [-0.2, 0) is 11.3 Å². The lowest BCUT2D eigenvalue weighted by Crippen LogP contribution is -2.42. The summed E-state index contributed by atoms with van der Waals surface area (Å²) < 4.78 is 5.59. The predicted molar refractivity (Wildman–Crippen MR) is 108 cm³/mol. The van der Waals surface area contributed by atoms with Gasteiger partial charge in [-0.3, -0.25) is 0 Å². The zero-order valence-electron chi connectivity index (χ0n) is 15.5. The van der Waals surface area contributed by atoms with Crippen LogP contribution in [0.1, 0.15) is 42.5 Å². The van der Waals surface area contributed by atoms with E-state index in [0.717, 1.165) is 29.7 Å². The molecule has 1 aliphatic heterocycles. The van der Waals surface area contributed by atoms with Gasteiger partial charge in [0.2, 0.25) is 0 Å². The molecule has 27 heavy (non-hydrogen) atoms. The molecule has 2 aromatic rings. The zero-order valence-corrected chi connectivity index (χ0v) is 16.3. The third-order valence-electron chi connectivity index (χ3n) is 4.82. The van der Waals surface area contributed by atoms with Gasteiger partial charge in [0, 0.05) is 11.8 Å². The maximum absolute atomic E-state index is 12.8. The topological polar surface area (TPSA) is 53.3 Å². The average Bonchev–Trinajstić information content (AvgIpc) is 2.73. The number of hydrogen-bond acceptors (Lipinski definition) is 4. The number of piperidine rings is 1. The lowest BCUT2D eigenvalue weighted by Gasteiger charge is -2.38. The Kier molecular flexibility index (Phi) is 6.78. The van der Waals surface area contributed by atoms with Crippen LogP contribution in [-0.4, -0.2) is 28.5 Å². The van der Waals surface area contributed by atoms with Crippen molar-refractivity contribution < 1.29 is 9.53 Å². The molecule has 0 unspecified atom stereocenters. The molecule has 0 saturated carbocycles. The number of amides is 1. The summed E-state index contributed by atoms with van der Waals surface area (Å²) >= 11 is 1.95. The summed E-state index contributed by atoms with van der Waals surface area (Å²) in [6.07, 6.45) is 1.62. The first-order valence-corrected chi connectivity index (χ1v) is 10.3. The Morgan fingerprint density at radius 3 is 2.63 bits per heavy atom. The molecule has 0 radical (unpaired) electrons. The maximum atomic E-state index is 12.8. The van der Waals surface area contributed by atoms with E-state index in [4.69, 9.17) is 10.00 Å². The fraction of sp³-hybridized carbons (Fsp3) is 0.364. The van der Waals surface area contributed by atoms with Crippen molar-refractivity contribution in [1.82, 2.24) is 4.90 Å². The van der Waals surface area contributed by atoms with Crippen molar-refractivity contribution in [2.45, 2.75) is 37.7 Å². The van der Waals surface area contributed by atoms with E-state index < -0.39 is 0 Å². The molecule has 4 nitrogen and oxygen atoms in total. The van der Waals surface area contributed by atoms with Crippen molar-refractivity contribution in [3.8, 4) is 6.07 Å². The van der Waals surface area contributed by atoms with Crippen LogP contribution in [0, 0.1) is 11.3 Å². The number of nitrogens with zero attached hydrogens (tertiary/aromatic N) is 2. The molecule has 5 heteroatoms. The van der Waals surface area contributed by atoms with Gasteiger partial charge in [0.1, 0.15) is 6.61 Å². The Hall–Kier alpha value is -2.45. The van der Waals surface area contributed by atoms with Gasteiger partial charge in [0.25, 0.3) is 0 Å². The third-order valence-corrected chi connectivity index (χ3v) is 6.05. The summed E-state index contributed by atoms with van der Waals surface area (Å²) in [6.45, 7) is 3.14. The number of carbonyl (C=O) groups excluding carboxylic acids is 1. The van der Waals surface area contributed by atoms with Gasteiger partial charge in [-0.15, -0.1) is 0 Å². The van der Waals surface area contributed by atoms with E-state index in [0.29, 0.717) is 17.4 Å². The van der Waals surface area contributed by atoms with Crippen molar-refractivity contribution in [2.75, 3.05) is 12.3 Å². The van der Waals surface area contributed by atoms with Crippen LogP contribution in [0.5, 0.6) is 0 Å². The molecule has 1 saturated heterocycles. The van der Waals surface area contributed by atoms with E-state index in [1.807, 2.05) is 71.3 Å². The number of benzene rings is 2. The van der Waals surface area contributed by atoms with Gasteiger partial charge in [0.15, 0.2) is 0 Å². The summed E-state index contributed by atoms with van der Waals surface area (Å²) in [5, 5.41) is 9.57. The van der Waals surface area contributed by atoms with Crippen LogP contribution < -0.4 is 0 Å². The van der Waals surface area contributed by atoms with Gasteiger partial charge in [0.05, 0.1) is 17.7 Å². The molecule has 3 rings (SSSR count). The second-order valence-electron chi connectivity index (χ2n) is 6.58. The monoisotopic (exact) mass is 380 g/mol. The highest BCUT2D eigenvalue weighted by atomic mass is 32.2. The Bertz CT molecular complexity index is 786. The number of nitriles is 1. The quantitative estimate of drug-likeness (QED) is 0.719.